The van der Waals surface area contributed by atoms with Crippen LogP contribution in [-0.2, 0) is 17.4 Å². The van der Waals surface area contributed by atoms with E-state index in [-0.39, 0.29) is 35.7 Å². The van der Waals surface area contributed by atoms with E-state index in [0.717, 1.165) is 25.8 Å². The first-order valence-electron chi connectivity index (χ1n) is 8.76. The van der Waals surface area contributed by atoms with Gasteiger partial charge in [-0.05, 0) is 31.2 Å². The van der Waals surface area contributed by atoms with E-state index in [1.54, 1.807) is 0 Å². The van der Waals surface area contributed by atoms with Gasteiger partial charge in [-0.25, -0.2) is 0 Å². The maximum atomic E-state index is 12.7. The average molecular weight is 382 g/mol. The second-order valence-electron chi connectivity index (χ2n) is 6.92. The Hall–Kier alpha value is -2.65. The van der Waals surface area contributed by atoms with Crippen molar-refractivity contribution in [3.63, 3.8) is 0 Å². The predicted octanol–water partition coefficient (Wildman–Crippen LogP) is 2.39. The fourth-order valence-corrected chi connectivity index (χ4v) is 3.97. The Labute approximate surface area is 151 Å². The highest BCUT2D eigenvalue weighted by molar-refractivity contribution is 5.78. The minimum absolute atomic E-state index is 0.0450. The monoisotopic (exact) mass is 382 g/mol. The molecule has 2 atom stereocenters. The first-order valence-corrected chi connectivity index (χ1v) is 8.76. The number of nitrogens with one attached hydrogen (secondary N) is 1. The molecule has 3 heterocycles. The Morgan fingerprint density at radius 3 is 2.89 bits per heavy atom. The summed E-state index contributed by atoms with van der Waals surface area (Å²) in [5, 5.41) is 3.33. The van der Waals surface area contributed by atoms with Crippen molar-refractivity contribution >= 4 is 5.91 Å². The summed E-state index contributed by atoms with van der Waals surface area (Å²) in [7, 11) is 0. The van der Waals surface area contributed by atoms with E-state index in [2.05, 4.69) is 19.6 Å². The number of H-pyrrole nitrogens is 1. The number of alkyl halides is 3. The van der Waals surface area contributed by atoms with Crippen LogP contribution in [0.2, 0.25) is 0 Å². The lowest BCUT2D eigenvalue weighted by Crippen LogP contribution is -2.56. The van der Waals surface area contributed by atoms with Crippen molar-refractivity contribution in [2.24, 2.45) is 5.92 Å². The zero-order valence-corrected chi connectivity index (χ0v) is 14.3. The number of pyridine rings is 1. The van der Waals surface area contributed by atoms with Crippen molar-refractivity contribution in [1.82, 2.24) is 20.0 Å². The standard InChI is InChI=1S/C17H17F3N4O3/c18-17(19,20)16-22-14(23-27-16)10-6-7-21-15(26)11(10)4-5-13(25)24-8-9-2-1-3-12(9)24/h6-7,9,12H,1-5,8H2,(H,21,26)/t9-,12-/m1/s1. The third kappa shape index (κ3) is 3.24. The van der Waals surface area contributed by atoms with Crippen LogP contribution in [0.5, 0.6) is 0 Å². The van der Waals surface area contributed by atoms with Crippen molar-refractivity contribution in [1.29, 1.82) is 0 Å². The van der Waals surface area contributed by atoms with Crippen LogP contribution < -0.4 is 5.56 Å². The average Bonchev–Trinajstić information content (AvgIpc) is 3.21. The van der Waals surface area contributed by atoms with Crippen LogP contribution in [0.4, 0.5) is 13.2 Å². The zero-order chi connectivity index (χ0) is 19.2. The summed E-state index contributed by atoms with van der Waals surface area (Å²) >= 11 is 0. The topological polar surface area (TPSA) is 92.1 Å². The summed E-state index contributed by atoms with van der Waals surface area (Å²) in [6.45, 7) is 0.751. The quantitative estimate of drug-likeness (QED) is 0.877. The number of carbonyl (C=O) groups is 1. The molecule has 4 rings (SSSR count). The van der Waals surface area contributed by atoms with Crippen LogP contribution in [0.3, 0.4) is 0 Å². The van der Waals surface area contributed by atoms with Crippen molar-refractivity contribution < 1.29 is 22.5 Å². The smallest absolute Gasteiger partial charge is 0.339 e. The molecular weight excluding hydrogens is 365 g/mol. The van der Waals surface area contributed by atoms with Crippen LogP contribution in [0.25, 0.3) is 11.4 Å². The van der Waals surface area contributed by atoms with Gasteiger partial charge in [-0.2, -0.15) is 18.2 Å². The van der Waals surface area contributed by atoms with Gasteiger partial charge in [0.15, 0.2) is 0 Å². The molecule has 7 nitrogen and oxygen atoms in total. The number of rotatable bonds is 4. The highest BCUT2D eigenvalue weighted by Crippen LogP contribution is 2.39. The van der Waals surface area contributed by atoms with Crippen molar-refractivity contribution in [2.45, 2.75) is 44.3 Å². The maximum Gasteiger partial charge on any atom is 0.471 e. The molecule has 144 valence electrons. The van der Waals surface area contributed by atoms with Gasteiger partial charge in [-0.1, -0.05) is 11.6 Å². The van der Waals surface area contributed by atoms with Crippen LogP contribution in [0, 0.1) is 5.92 Å². The highest BCUT2D eigenvalue weighted by atomic mass is 19.4. The summed E-state index contributed by atoms with van der Waals surface area (Å²) in [5.41, 5.74) is -0.182. The maximum absolute atomic E-state index is 12.7. The van der Waals surface area contributed by atoms with Gasteiger partial charge >= 0.3 is 12.1 Å². The number of likely N-dealkylation sites (tertiary alicyclic amines) is 1. The second kappa shape index (κ2) is 6.50. The number of hydrogen-bond acceptors (Lipinski definition) is 5. The number of amides is 1. The summed E-state index contributed by atoms with van der Waals surface area (Å²) in [5.74, 6) is -1.26. The molecule has 0 spiro atoms. The van der Waals surface area contributed by atoms with Gasteiger partial charge < -0.3 is 14.4 Å². The number of nitrogens with zero attached hydrogens (tertiary/aromatic N) is 3. The molecular formula is C17H17F3N4O3. The van der Waals surface area contributed by atoms with Gasteiger partial charge in [0, 0.05) is 36.3 Å². The van der Waals surface area contributed by atoms with Crippen molar-refractivity contribution in [3.8, 4) is 11.4 Å². The lowest BCUT2D eigenvalue weighted by molar-refractivity contribution is -0.159. The van der Waals surface area contributed by atoms with Crippen molar-refractivity contribution in [3.05, 3.63) is 34.1 Å². The molecule has 1 N–H and O–H groups in total. The number of fused-ring (bicyclic) bond motifs is 1. The number of halogens is 3. The van der Waals surface area contributed by atoms with Crippen LogP contribution in [-0.4, -0.2) is 38.5 Å². The van der Waals surface area contributed by atoms with Gasteiger partial charge in [-0.3, -0.25) is 9.59 Å². The third-order valence-electron chi connectivity index (χ3n) is 5.33. The Morgan fingerprint density at radius 1 is 1.37 bits per heavy atom. The summed E-state index contributed by atoms with van der Waals surface area (Å²) in [6, 6.07) is 1.71. The Balaban J connectivity index is 1.52. The minimum atomic E-state index is -4.77. The van der Waals surface area contributed by atoms with Gasteiger partial charge in [0.2, 0.25) is 11.7 Å². The van der Waals surface area contributed by atoms with Crippen LogP contribution in [0.1, 0.15) is 37.1 Å². The predicted molar refractivity (Wildman–Crippen MR) is 86.5 cm³/mol. The zero-order valence-electron chi connectivity index (χ0n) is 14.3. The molecule has 0 aromatic carbocycles. The molecule has 1 saturated heterocycles. The number of aromatic nitrogens is 3. The number of carbonyl (C=O) groups excluding carboxylic acids is 1. The van der Waals surface area contributed by atoms with Gasteiger partial charge in [0.25, 0.3) is 5.56 Å². The molecule has 1 aliphatic heterocycles. The van der Waals surface area contributed by atoms with E-state index in [1.807, 2.05) is 4.90 Å². The summed E-state index contributed by atoms with van der Waals surface area (Å²) in [4.78, 5) is 32.3. The van der Waals surface area contributed by atoms with E-state index < -0.39 is 17.6 Å². The van der Waals surface area contributed by atoms with E-state index in [9.17, 15) is 22.8 Å². The van der Waals surface area contributed by atoms with Gasteiger partial charge in [-0.15, -0.1) is 0 Å². The molecule has 10 heteroatoms. The summed E-state index contributed by atoms with van der Waals surface area (Å²) in [6.07, 6.45) is 0.0123. The molecule has 27 heavy (non-hydrogen) atoms. The van der Waals surface area contributed by atoms with Crippen molar-refractivity contribution in [2.75, 3.05) is 6.54 Å². The minimum Gasteiger partial charge on any atom is -0.339 e. The molecule has 0 bridgehead atoms. The van der Waals surface area contributed by atoms with Gasteiger partial charge in [0.1, 0.15) is 0 Å². The lowest BCUT2D eigenvalue weighted by atomic mass is 9.91. The van der Waals surface area contributed by atoms with E-state index in [0.29, 0.717) is 12.0 Å². The van der Waals surface area contributed by atoms with E-state index in [1.165, 1.54) is 12.3 Å². The van der Waals surface area contributed by atoms with Crippen LogP contribution >= 0.6 is 0 Å². The van der Waals surface area contributed by atoms with E-state index in [4.69, 9.17) is 0 Å². The SMILES string of the molecule is O=C(CCc1c(-c2noc(C(F)(F)F)n2)cc[nH]c1=O)N1C[C@H]2CCC[C@H]21. The fourth-order valence-electron chi connectivity index (χ4n) is 3.97. The second-order valence-corrected chi connectivity index (χ2v) is 6.92. The molecule has 1 saturated carbocycles. The molecule has 2 aromatic heterocycles. The number of hydrogen-bond donors (Lipinski definition) is 1. The van der Waals surface area contributed by atoms with Crippen LogP contribution in [0.15, 0.2) is 21.6 Å². The molecule has 1 aliphatic carbocycles. The van der Waals surface area contributed by atoms with Gasteiger partial charge in [0.05, 0.1) is 0 Å². The molecule has 1 amide bonds. The molecule has 2 aromatic rings. The molecule has 2 aliphatic rings. The normalized spacial score (nSPS) is 21.8. The molecule has 2 fully saturated rings. The molecule has 0 unspecified atom stereocenters. The Morgan fingerprint density at radius 2 is 2.19 bits per heavy atom. The Bertz CT molecular complexity index is 921. The summed E-state index contributed by atoms with van der Waals surface area (Å²) < 4.78 is 42.3. The fraction of sp³-hybridized carbons (Fsp3) is 0.529. The molecule has 0 radical (unpaired) electrons. The number of aromatic amines is 1. The third-order valence-corrected chi connectivity index (χ3v) is 5.33. The largest absolute Gasteiger partial charge is 0.471 e. The highest BCUT2D eigenvalue weighted by Gasteiger charge is 2.44. The first-order chi connectivity index (χ1) is 12.8. The Kier molecular flexibility index (Phi) is 4.27. The lowest BCUT2D eigenvalue weighted by Gasteiger charge is -2.44. The first kappa shape index (κ1) is 17.7. The van der Waals surface area contributed by atoms with E-state index >= 15 is 0 Å².